The van der Waals surface area contributed by atoms with Gasteiger partial charge >= 0.3 is 0 Å². The number of nitrogens with one attached hydrogen (secondary N) is 2. The molecule has 4 rings (SSSR count). The average Bonchev–Trinajstić information content (AvgIpc) is 2.80. The van der Waals surface area contributed by atoms with E-state index in [-0.39, 0.29) is 29.9 Å². The van der Waals surface area contributed by atoms with Gasteiger partial charge in [0.2, 0.25) is 5.95 Å². The van der Waals surface area contributed by atoms with Crippen LogP contribution in [0.4, 0.5) is 11.8 Å². The number of fused-ring (bicyclic) bond motifs is 1. The van der Waals surface area contributed by atoms with E-state index >= 15 is 0 Å². The van der Waals surface area contributed by atoms with Gasteiger partial charge in [0.05, 0.1) is 17.6 Å². The SMILES string of the molecule is Cc1ccc2nc(NC(=O)/C=C/c3ccccc3)nc(NC3CCCCC3N=C(N)N)c2c1. The molecule has 0 saturated heterocycles. The standard InChI is InChI=1S/C25H29N7O/c1-16-11-13-19-18(15-16)23(28-20-9-5-6-10-21(20)29-24(26)27)32-25(30-19)31-22(33)14-12-17-7-3-2-4-8-17/h2-4,7-8,11-15,20-21H,5-6,9-10H2,1H3,(H4,26,27,29)(H2,28,30,31,32,33)/b14-12+. The Morgan fingerprint density at radius 2 is 1.88 bits per heavy atom. The number of benzene rings is 2. The number of rotatable bonds is 6. The third-order valence-electron chi connectivity index (χ3n) is 5.68. The fraction of sp³-hybridized carbons (Fsp3) is 0.280. The smallest absolute Gasteiger partial charge is 0.250 e. The van der Waals surface area contributed by atoms with E-state index in [1.165, 1.54) is 6.08 Å². The number of hydrogen-bond acceptors (Lipinski definition) is 5. The molecule has 33 heavy (non-hydrogen) atoms. The molecule has 8 heteroatoms. The molecule has 1 aliphatic rings. The van der Waals surface area contributed by atoms with Gasteiger partial charge in [-0.2, -0.15) is 4.98 Å². The van der Waals surface area contributed by atoms with E-state index in [0.29, 0.717) is 5.82 Å². The molecule has 1 heterocycles. The highest BCUT2D eigenvalue weighted by Crippen LogP contribution is 2.28. The molecule has 2 atom stereocenters. The number of carbonyl (C=O) groups is 1. The molecule has 1 fully saturated rings. The Kier molecular flexibility index (Phi) is 6.83. The van der Waals surface area contributed by atoms with Crippen LogP contribution in [0.3, 0.4) is 0 Å². The zero-order chi connectivity index (χ0) is 23.2. The Morgan fingerprint density at radius 3 is 2.67 bits per heavy atom. The largest absolute Gasteiger partial charge is 0.370 e. The Hall–Kier alpha value is -3.94. The minimum absolute atomic E-state index is 0.0228. The molecule has 2 unspecified atom stereocenters. The summed E-state index contributed by atoms with van der Waals surface area (Å²) < 4.78 is 0. The number of aryl methyl sites for hydroxylation is 1. The van der Waals surface area contributed by atoms with Crippen molar-refractivity contribution in [2.24, 2.45) is 16.5 Å². The Labute approximate surface area is 193 Å². The fourth-order valence-corrected chi connectivity index (χ4v) is 4.10. The van der Waals surface area contributed by atoms with Gasteiger partial charge in [-0.25, -0.2) is 9.98 Å². The number of amides is 1. The quantitative estimate of drug-likeness (QED) is 0.262. The van der Waals surface area contributed by atoms with E-state index < -0.39 is 0 Å². The first-order chi connectivity index (χ1) is 16.0. The lowest BCUT2D eigenvalue weighted by Gasteiger charge is -2.30. The number of anilines is 2. The van der Waals surface area contributed by atoms with Gasteiger partial charge in [-0.05, 0) is 43.5 Å². The molecule has 1 aromatic heterocycles. The van der Waals surface area contributed by atoms with Gasteiger partial charge < -0.3 is 16.8 Å². The Balaban J connectivity index is 1.61. The maximum Gasteiger partial charge on any atom is 0.250 e. The Bertz CT molecular complexity index is 1190. The van der Waals surface area contributed by atoms with Crippen LogP contribution in [0.2, 0.25) is 0 Å². The zero-order valence-corrected chi connectivity index (χ0v) is 18.7. The first kappa shape index (κ1) is 22.3. The summed E-state index contributed by atoms with van der Waals surface area (Å²) in [6.07, 6.45) is 7.23. The number of nitrogens with two attached hydrogens (primary N) is 2. The molecule has 0 bridgehead atoms. The van der Waals surface area contributed by atoms with Gasteiger partial charge in [0.25, 0.3) is 5.91 Å². The molecule has 1 aliphatic carbocycles. The number of guanidine groups is 1. The number of carbonyl (C=O) groups excluding carboxylic acids is 1. The average molecular weight is 444 g/mol. The molecule has 1 saturated carbocycles. The van der Waals surface area contributed by atoms with Crippen molar-refractivity contribution < 1.29 is 4.79 Å². The van der Waals surface area contributed by atoms with Crippen molar-refractivity contribution in [1.82, 2.24) is 9.97 Å². The van der Waals surface area contributed by atoms with Crippen molar-refractivity contribution in [2.75, 3.05) is 10.6 Å². The van der Waals surface area contributed by atoms with E-state index in [9.17, 15) is 4.79 Å². The van der Waals surface area contributed by atoms with E-state index in [1.807, 2.05) is 55.5 Å². The minimum Gasteiger partial charge on any atom is -0.370 e. The molecular weight excluding hydrogens is 414 g/mol. The summed E-state index contributed by atoms with van der Waals surface area (Å²) in [5.41, 5.74) is 14.1. The van der Waals surface area contributed by atoms with E-state index in [2.05, 4.69) is 25.6 Å². The molecular formula is C25H29N7O. The highest BCUT2D eigenvalue weighted by molar-refractivity contribution is 6.02. The van der Waals surface area contributed by atoms with Crippen molar-refractivity contribution in [3.8, 4) is 0 Å². The van der Waals surface area contributed by atoms with Crippen LogP contribution in [0.25, 0.3) is 17.0 Å². The summed E-state index contributed by atoms with van der Waals surface area (Å²) >= 11 is 0. The second kappa shape index (κ2) is 10.1. The molecule has 0 aliphatic heterocycles. The second-order valence-corrected chi connectivity index (χ2v) is 8.31. The van der Waals surface area contributed by atoms with Crippen LogP contribution >= 0.6 is 0 Å². The third kappa shape index (κ3) is 5.85. The lowest BCUT2D eigenvalue weighted by atomic mass is 9.90. The molecule has 8 nitrogen and oxygen atoms in total. The third-order valence-corrected chi connectivity index (χ3v) is 5.68. The molecule has 6 N–H and O–H groups in total. The van der Waals surface area contributed by atoms with Crippen LogP contribution in [0, 0.1) is 6.92 Å². The molecule has 2 aromatic carbocycles. The first-order valence-electron chi connectivity index (χ1n) is 11.2. The highest BCUT2D eigenvalue weighted by Gasteiger charge is 2.26. The van der Waals surface area contributed by atoms with E-state index in [1.54, 1.807) is 6.08 Å². The predicted octanol–water partition coefficient (Wildman–Crippen LogP) is 3.59. The zero-order valence-electron chi connectivity index (χ0n) is 18.7. The highest BCUT2D eigenvalue weighted by atomic mass is 16.1. The topological polar surface area (TPSA) is 131 Å². The monoisotopic (exact) mass is 443 g/mol. The second-order valence-electron chi connectivity index (χ2n) is 8.31. The van der Waals surface area contributed by atoms with Crippen LogP contribution in [0.15, 0.2) is 59.6 Å². The summed E-state index contributed by atoms with van der Waals surface area (Å²) in [5, 5.41) is 7.21. The number of hydrogen-bond donors (Lipinski definition) is 4. The van der Waals surface area contributed by atoms with Crippen LogP contribution in [-0.4, -0.2) is 33.9 Å². The normalized spacial score (nSPS) is 18.2. The maximum absolute atomic E-state index is 12.5. The van der Waals surface area contributed by atoms with Crippen molar-refractivity contribution >= 4 is 40.6 Å². The van der Waals surface area contributed by atoms with Crippen molar-refractivity contribution in [3.05, 3.63) is 65.7 Å². The number of nitrogens with zero attached hydrogens (tertiary/aromatic N) is 3. The van der Waals surface area contributed by atoms with Crippen LogP contribution in [-0.2, 0) is 4.79 Å². The molecule has 0 radical (unpaired) electrons. The molecule has 1 amide bonds. The Morgan fingerprint density at radius 1 is 1.09 bits per heavy atom. The minimum atomic E-state index is -0.299. The summed E-state index contributed by atoms with van der Waals surface area (Å²) in [4.78, 5) is 26.1. The van der Waals surface area contributed by atoms with Gasteiger partial charge in [-0.1, -0.05) is 54.8 Å². The molecule has 170 valence electrons. The van der Waals surface area contributed by atoms with Crippen LogP contribution < -0.4 is 22.1 Å². The molecule has 0 spiro atoms. The first-order valence-corrected chi connectivity index (χ1v) is 11.2. The van der Waals surface area contributed by atoms with Gasteiger partial charge in [0.15, 0.2) is 5.96 Å². The summed E-state index contributed by atoms with van der Waals surface area (Å²) in [5.74, 6) is 0.696. The summed E-state index contributed by atoms with van der Waals surface area (Å²) in [7, 11) is 0. The van der Waals surface area contributed by atoms with Gasteiger partial charge in [-0.3, -0.25) is 10.1 Å². The predicted molar refractivity (Wildman–Crippen MR) is 134 cm³/mol. The maximum atomic E-state index is 12.5. The van der Waals surface area contributed by atoms with Gasteiger partial charge in [0, 0.05) is 11.5 Å². The van der Waals surface area contributed by atoms with Crippen LogP contribution in [0.1, 0.15) is 36.8 Å². The van der Waals surface area contributed by atoms with E-state index in [0.717, 1.165) is 47.7 Å². The lowest BCUT2D eigenvalue weighted by molar-refractivity contribution is -0.111. The van der Waals surface area contributed by atoms with Crippen molar-refractivity contribution in [2.45, 2.75) is 44.7 Å². The fourth-order valence-electron chi connectivity index (χ4n) is 4.10. The summed E-state index contributed by atoms with van der Waals surface area (Å²) in [6, 6.07) is 15.6. The number of aliphatic imine (C=N–C) groups is 1. The summed E-state index contributed by atoms with van der Waals surface area (Å²) in [6.45, 7) is 2.02. The van der Waals surface area contributed by atoms with Gasteiger partial charge in [-0.15, -0.1) is 0 Å². The van der Waals surface area contributed by atoms with Crippen LogP contribution in [0.5, 0.6) is 0 Å². The van der Waals surface area contributed by atoms with Gasteiger partial charge in [0.1, 0.15) is 5.82 Å². The van der Waals surface area contributed by atoms with Crippen molar-refractivity contribution in [1.29, 1.82) is 0 Å². The number of aromatic nitrogens is 2. The molecule has 3 aromatic rings. The lowest BCUT2D eigenvalue weighted by Crippen LogP contribution is -2.38. The van der Waals surface area contributed by atoms with Crippen molar-refractivity contribution in [3.63, 3.8) is 0 Å². The van der Waals surface area contributed by atoms with E-state index in [4.69, 9.17) is 11.5 Å².